The van der Waals surface area contributed by atoms with Crippen molar-refractivity contribution in [2.45, 2.75) is 12.6 Å². The number of hydrogen-bond donors (Lipinski definition) is 1. The second kappa shape index (κ2) is 4.69. The van der Waals surface area contributed by atoms with Gasteiger partial charge in [-0.15, -0.1) is 11.3 Å². The molecule has 0 unspecified atom stereocenters. The zero-order chi connectivity index (χ0) is 12.3. The number of anilines is 1. The fraction of sp³-hybridized carbons (Fsp3) is 0.500. The van der Waals surface area contributed by atoms with E-state index in [2.05, 4.69) is 4.98 Å². The molecule has 90 valence electrons. The van der Waals surface area contributed by atoms with Gasteiger partial charge in [-0.25, -0.2) is 4.98 Å². The van der Waals surface area contributed by atoms with Crippen molar-refractivity contribution in [3.8, 4) is 0 Å². The molecule has 0 fully saturated rings. The molecule has 1 rings (SSSR count). The van der Waals surface area contributed by atoms with Crippen LogP contribution >= 0.6 is 11.3 Å². The molecule has 0 aromatic carbocycles. The van der Waals surface area contributed by atoms with Gasteiger partial charge in [0, 0.05) is 12.4 Å². The van der Waals surface area contributed by atoms with Crippen molar-refractivity contribution < 1.29 is 23.1 Å². The summed E-state index contributed by atoms with van der Waals surface area (Å²) >= 11 is 0.992. The van der Waals surface area contributed by atoms with Crippen LogP contribution in [0.2, 0.25) is 0 Å². The highest BCUT2D eigenvalue weighted by molar-refractivity contribution is 7.13. The average Bonchev–Trinajstić information content (AvgIpc) is 2.48. The zero-order valence-electron chi connectivity index (χ0n) is 8.28. The highest BCUT2D eigenvalue weighted by atomic mass is 32.1. The molecule has 0 atom stereocenters. The third-order valence-electron chi connectivity index (χ3n) is 1.61. The Labute approximate surface area is 93.3 Å². The third-order valence-corrected chi connectivity index (χ3v) is 2.62. The molecule has 0 spiro atoms. The lowest BCUT2D eigenvalue weighted by molar-refractivity contribution is -0.136. The minimum Gasteiger partial charge on any atom is -0.481 e. The number of halogens is 3. The Hall–Kier alpha value is -1.31. The van der Waals surface area contributed by atoms with Crippen LogP contribution in [0, 0.1) is 0 Å². The van der Waals surface area contributed by atoms with E-state index in [1.165, 1.54) is 12.4 Å². The minimum atomic E-state index is -4.30. The molecule has 0 bridgehead atoms. The van der Waals surface area contributed by atoms with Crippen molar-refractivity contribution in [2.75, 3.05) is 18.5 Å². The fourth-order valence-electron chi connectivity index (χ4n) is 1.04. The predicted molar refractivity (Wildman–Crippen MR) is 52.8 cm³/mol. The van der Waals surface area contributed by atoms with Crippen LogP contribution in [0.3, 0.4) is 0 Å². The molecule has 0 aliphatic carbocycles. The molecular weight excluding hydrogens is 245 g/mol. The van der Waals surface area contributed by atoms with E-state index in [1.54, 1.807) is 0 Å². The molecule has 0 amide bonds. The number of alkyl halides is 3. The van der Waals surface area contributed by atoms with Crippen molar-refractivity contribution >= 4 is 22.4 Å². The van der Waals surface area contributed by atoms with Gasteiger partial charge in [0.15, 0.2) is 5.13 Å². The second-order valence-electron chi connectivity index (χ2n) is 3.16. The highest BCUT2D eigenvalue weighted by Crippen LogP contribution is 2.24. The Kier molecular flexibility index (Phi) is 3.74. The monoisotopic (exact) mass is 254 g/mol. The highest BCUT2D eigenvalue weighted by Gasteiger charge is 2.30. The number of carboxylic acids is 1. The van der Waals surface area contributed by atoms with E-state index in [0.29, 0.717) is 0 Å². The zero-order valence-corrected chi connectivity index (χ0v) is 9.10. The average molecular weight is 254 g/mol. The molecular formula is C8H9F3N2O2S. The lowest BCUT2D eigenvalue weighted by Crippen LogP contribution is -2.30. The molecule has 1 aromatic heterocycles. The summed E-state index contributed by atoms with van der Waals surface area (Å²) in [6.45, 7) is -1.10. The first-order valence-corrected chi connectivity index (χ1v) is 5.10. The molecule has 1 heterocycles. The van der Waals surface area contributed by atoms with Gasteiger partial charge in [-0.1, -0.05) is 0 Å². The van der Waals surface area contributed by atoms with Crippen LogP contribution < -0.4 is 4.90 Å². The molecule has 0 aliphatic rings. The number of carbonyl (C=O) groups is 1. The molecule has 0 saturated carbocycles. The van der Waals surface area contributed by atoms with Gasteiger partial charge >= 0.3 is 12.1 Å². The normalized spacial score (nSPS) is 11.5. The summed E-state index contributed by atoms with van der Waals surface area (Å²) in [6, 6.07) is 0. The Balaban J connectivity index is 2.66. The maximum absolute atomic E-state index is 12.0. The van der Waals surface area contributed by atoms with Gasteiger partial charge in [0.25, 0.3) is 0 Å². The third kappa shape index (κ3) is 4.05. The summed E-state index contributed by atoms with van der Waals surface area (Å²) in [4.78, 5) is 15.1. The van der Waals surface area contributed by atoms with Crippen molar-refractivity contribution in [3.63, 3.8) is 0 Å². The number of thiazole rings is 1. The summed E-state index contributed by atoms with van der Waals surface area (Å²) in [5.74, 6) is -1.06. The van der Waals surface area contributed by atoms with Crippen molar-refractivity contribution in [3.05, 3.63) is 11.1 Å². The van der Waals surface area contributed by atoms with E-state index in [-0.39, 0.29) is 17.2 Å². The smallest absolute Gasteiger partial charge is 0.405 e. The maximum atomic E-state index is 12.0. The van der Waals surface area contributed by atoms with E-state index in [1.807, 2.05) is 0 Å². The first-order valence-electron chi connectivity index (χ1n) is 4.22. The Morgan fingerprint density at radius 2 is 2.25 bits per heavy atom. The summed E-state index contributed by atoms with van der Waals surface area (Å²) in [7, 11) is 1.26. The fourth-order valence-corrected chi connectivity index (χ4v) is 1.84. The summed E-state index contributed by atoms with van der Waals surface area (Å²) in [5.41, 5.74) is 0.265. The van der Waals surface area contributed by atoms with Gasteiger partial charge in [-0.3, -0.25) is 4.79 Å². The summed E-state index contributed by atoms with van der Waals surface area (Å²) < 4.78 is 36.1. The Morgan fingerprint density at radius 1 is 1.62 bits per heavy atom. The number of rotatable bonds is 4. The minimum absolute atomic E-state index is 0.161. The maximum Gasteiger partial charge on any atom is 0.405 e. The molecule has 1 aromatic rings. The lowest BCUT2D eigenvalue weighted by Gasteiger charge is -2.17. The second-order valence-corrected chi connectivity index (χ2v) is 4.00. The molecule has 0 radical (unpaired) electrons. The molecule has 0 aliphatic heterocycles. The van der Waals surface area contributed by atoms with E-state index in [0.717, 1.165) is 16.2 Å². The van der Waals surface area contributed by atoms with E-state index < -0.39 is 18.7 Å². The van der Waals surface area contributed by atoms with Gasteiger partial charge in [0.2, 0.25) is 0 Å². The first-order chi connectivity index (χ1) is 7.28. The number of nitrogens with zero attached hydrogens (tertiary/aromatic N) is 2. The van der Waals surface area contributed by atoms with E-state index in [4.69, 9.17) is 5.11 Å². The van der Waals surface area contributed by atoms with Crippen LogP contribution in [0.5, 0.6) is 0 Å². The van der Waals surface area contributed by atoms with Crippen LogP contribution in [0.4, 0.5) is 18.3 Å². The van der Waals surface area contributed by atoms with Crippen LogP contribution in [-0.4, -0.2) is 35.8 Å². The van der Waals surface area contributed by atoms with Gasteiger partial charge in [0.1, 0.15) is 6.54 Å². The number of aliphatic carboxylic acids is 1. The molecule has 4 nitrogen and oxygen atoms in total. The molecule has 1 N–H and O–H groups in total. The van der Waals surface area contributed by atoms with Crippen molar-refractivity contribution in [1.82, 2.24) is 4.98 Å². The Morgan fingerprint density at radius 3 is 2.75 bits per heavy atom. The van der Waals surface area contributed by atoms with Crippen LogP contribution in [0.15, 0.2) is 5.38 Å². The topological polar surface area (TPSA) is 53.4 Å². The van der Waals surface area contributed by atoms with Gasteiger partial charge in [-0.2, -0.15) is 13.2 Å². The van der Waals surface area contributed by atoms with E-state index >= 15 is 0 Å². The quantitative estimate of drug-likeness (QED) is 0.889. The standard InChI is InChI=1S/C8H9F3N2O2S/c1-13(4-8(9,10)11)7-12-5(3-16-7)2-6(14)15/h3H,2,4H2,1H3,(H,14,15). The lowest BCUT2D eigenvalue weighted by atomic mass is 10.3. The first kappa shape index (κ1) is 12.8. The van der Waals surface area contributed by atoms with Crippen molar-refractivity contribution in [2.24, 2.45) is 0 Å². The van der Waals surface area contributed by atoms with Gasteiger partial charge < -0.3 is 10.0 Å². The molecule has 0 saturated heterocycles. The van der Waals surface area contributed by atoms with Crippen LogP contribution in [0.25, 0.3) is 0 Å². The molecule has 16 heavy (non-hydrogen) atoms. The van der Waals surface area contributed by atoms with Crippen molar-refractivity contribution in [1.29, 1.82) is 0 Å². The summed E-state index contributed by atoms with van der Waals surface area (Å²) in [6.07, 6.45) is -4.58. The number of carboxylic acid groups (broad SMARTS) is 1. The molecule has 8 heteroatoms. The van der Waals surface area contributed by atoms with Crippen LogP contribution in [0.1, 0.15) is 5.69 Å². The van der Waals surface area contributed by atoms with Crippen LogP contribution in [-0.2, 0) is 11.2 Å². The SMILES string of the molecule is CN(CC(F)(F)F)c1nc(CC(=O)O)cs1. The van der Waals surface area contributed by atoms with Gasteiger partial charge in [0.05, 0.1) is 12.1 Å². The number of hydrogen-bond acceptors (Lipinski definition) is 4. The summed E-state index contributed by atoms with van der Waals surface area (Å²) in [5, 5.41) is 10.1. The largest absolute Gasteiger partial charge is 0.481 e. The van der Waals surface area contributed by atoms with Gasteiger partial charge in [-0.05, 0) is 0 Å². The predicted octanol–water partition coefficient (Wildman–Crippen LogP) is 1.77. The Bertz CT molecular complexity index is 378. The number of aromatic nitrogens is 1. The van der Waals surface area contributed by atoms with E-state index in [9.17, 15) is 18.0 Å².